The molecule has 2 N–H and O–H groups in total. The van der Waals surface area contributed by atoms with Gasteiger partial charge in [0, 0.05) is 18.8 Å². The number of nitrogens with zero attached hydrogens (tertiary/aromatic N) is 4. The molecule has 0 saturated carbocycles. The maximum absolute atomic E-state index is 12.7. The summed E-state index contributed by atoms with van der Waals surface area (Å²) in [6.07, 6.45) is 2.66. The zero-order chi connectivity index (χ0) is 14.8. The van der Waals surface area contributed by atoms with Crippen LogP contribution >= 0.6 is 0 Å². The number of fused-ring (bicyclic) bond motifs is 1. The first-order valence-electron chi connectivity index (χ1n) is 7.19. The minimum atomic E-state index is -0.0997. The minimum absolute atomic E-state index is 0.0997. The third-order valence-electron chi connectivity index (χ3n) is 3.71. The average Bonchev–Trinajstić information content (AvgIpc) is 2.94. The molecule has 2 heterocycles. The van der Waals surface area contributed by atoms with Crippen LogP contribution in [0.5, 0.6) is 0 Å². The number of amides is 1. The summed E-state index contributed by atoms with van der Waals surface area (Å²) in [6, 6.07) is 8.04. The van der Waals surface area contributed by atoms with Gasteiger partial charge in [-0.3, -0.25) is 9.48 Å². The van der Waals surface area contributed by atoms with Crippen molar-refractivity contribution >= 4 is 11.6 Å². The van der Waals surface area contributed by atoms with Crippen molar-refractivity contribution in [3.63, 3.8) is 0 Å². The lowest BCUT2D eigenvalue weighted by Gasteiger charge is -2.32. The molecule has 0 spiro atoms. The summed E-state index contributed by atoms with van der Waals surface area (Å²) in [5.41, 5.74) is 8.04. The summed E-state index contributed by atoms with van der Waals surface area (Å²) in [7, 11) is 0. The van der Waals surface area contributed by atoms with Crippen molar-refractivity contribution in [2.45, 2.75) is 19.9 Å². The first-order chi connectivity index (χ1) is 10.2. The standard InChI is InChI=1S/C15H19N5O/c1-11-8-12-4-2-3-5-14(12)20(9-11)15(21)13-10-19(7-6-16)18-17-13/h2-5,10-11H,6-9,16H2,1H3. The lowest BCUT2D eigenvalue weighted by molar-refractivity contribution is 0.0976. The Morgan fingerprint density at radius 1 is 1.43 bits per heavy atom. The molecule has 1 aromatic heterocycles. The van der Waals surface area contributed by atoms with Gasteiger partial charge in [-0.05, 0) is 24.0 Å². The van der Waals surface area contributed by atoms with Crippen molar-refractivity contribution in [3.8, 4) is 0 Å². The fourth-order valence-electron chi connectivity index (χ4n) is 2.77. The molecule has 2 aromatic rings. The highest BCUT2D eigenvalue weighted by Crippen LogP contribution is 2.30. The van der Waals surface area contributed by atoms with E-state index in [9.17, 15) is 4.79 Å². The van der Waals surface area contributed by atoms with Gasteiger partial charge in [0.2, 0.25) is 0 Å². The van der Waals surface area contributed by atoms with E-state index in [-0.39, 0.29) is 5.91 Å². The third-order valence-corrected chi connectivity index (χ3v) is 3.71. The Labute approximate surface area is 123 Å². The predicted octanol–water partition coefficient (Wildman–Crippen LogP) is 1.08. The number of anilines is 1. The van der Waals surface area contributed by atoms with E-state index in [4.69, 9.17) is 5.73 Å². The molecule has 3 rings (SSSR count). The molecule has 110 valence electrons. The fourth-order valence-corrected chi connectivity index (χ4v) is 2.77. The molecule has 1 aromatic carbocycles. The second-order valence-electron chi connectivity index (χ2n) is 5.51. The molecule has 0 saturated heterocycles. The number of carbonyl (C=O) groups excluding carboxylic acids is 1. The molecular formula is C15H19N5O. The van der Waals surface area contributed by atoms with Crippen molar-refractivity contribution in [1.82, 2.24) is 15.0 Å². The van der Waals surface area contributed by atoms with Crippen LogP contribution in [0, 0.1) is 5.92 Å². The number of aromatic nitrogens is 3. The number of rotatable bonds is 3. The van der Waals surface area contributed by atoms with E-state index in [0.29, 0.717) is 31.2 Å². The molecule has 0 radical (unpaired) electrons. The molecule has 0 aliphatic carbocycles. The van der Waals surface area contributed by atoms with Crippen molar-refractivity contribution in [2.24, 2.45) is 11.7 Å². The van der Waals surface area contributed by atoms with Gasteiger partial charge < -0.3 is 10.6 Å². The van der Waals surface area contributed by atoms with Gasteiger partial charge in [0.05, 0.1) is 12.7 Å². The number of para-hydroxylation sites is 1. The highest BCUT2D eigenvalue weighted by Gasteiger charge is 2.28. The maximum Gasteiger partial charge on any atom is 0.280 e. The SMILES string of the molecule is CC1Cc2ccccc2N(C(=O)c2cn(CCN)nn2)C1. The number of nitrogens with two attached hydrogens (primary N) is 1. The van der Waals surface area contributed by atoms with Gasteiger partial charge in [-0.25, -0.2) is 0 Å². The minimum Gasteiger partial charge on any atom is -0.329 e. The van der Waals surface area contributed by atoms with Gasteiger partial charge in [0.1, 0.15) is 0 Å². The van der Waals surface area contributed by atoms with Gasteiger partial charge in [-0.15, -0.1) is 5.10 Å². The highest BCUT2D eigenvalue weighted by molar-refractivity contribution is 6.05. The quantitative estimate of drug-likeness (QED) is 0.915. The van der Waals surface area contributed by atoms with Gasteiger partial charge >= 0.3 is 0 Å². The van der Waals surface area contributed by atoms with Gasteiger partial charge in [0.15, 0.2) is 5.69 Å². The van der Waals surface area contributed by atoms with Crippen LogP contribution in [-0.4, -0.2) is 34.0 Å². The summed E-state index contributed by atoms with van der Waals surface area (Å²) in [5.74, 6) is 0.334. The van der Waals surface area contributed by atoms with E-state index in [1.807, 2.05) is 18.2 Å². The van der Waals surface area contributed by atoms with E-state index in [1.54, 1.807) is 15.8 Å². The molecule has 0 bridgehead atoms. The van der Waals surface area contributed by atoms with Crippen LogP contribution in [0.3, 0.4) is 0 Å². The smallest absolute Gasteiger partial charge is 0.280 e. The van der Waals surface area contributed by atoms with Crippen molar-refractivity contribution in [2.75, 3.05) is 18.0 Å². The molecule has 1 amide bonds. The normalized spacial score (nSPS) is 17.6. The maximum atomic E-state index is 12.7. The van der Waals surface area contributed by atoms with Crippen LogP contribution in [0.4, 0.5) is 5.69 Å². The summed E-state index contributed by atoms with van der Waals surface area (Å²) in [5, 5.41) is 7.91. The lowest BCUT2D eigenvalue weighted by Crippen LogP contribution is -2.39. The Hall–Kier alpha value is -2.21. The van der Waals surface area contributed by atoms with Crippen LogP contribution in [0.2, 0.25) is 0 Å². The second kappa shape index (κ2) is 5.65. The Balaban J connectivity index is 1.90. The molecule has 1 aliphatic rings. The largest absolute Gasteiger partial charge is 0.329 e. The molecule has 6 nitrogen and oxygen atoms in total. The Morgan fingerprint density at radius 2 is 2.24 bits per heavy atom. The predicted molar refractivity (Wildman–Crippen MR) is 80.1 cm³/mol. The third kappa shape index (κ3) is 2.67. The molecule has 0 fully saturated rings. The Morgan fingerprint density at radius 3 is 3.05 bits per heavy atom. The van der Waals surface area contributed by atoms with Gasteiger partial charge in [0.25, 0.3) is 5.91 Å². The highest BCUT2D eigenvalue weighted by atomic mass is 16.2. The molecular weight excluding hydrogens is 266 g/mol. The zero-order valence-electron chi connectivity index (χ0n) is 12.1. The first-order valence-corrected chi connectivity index (χ1v) is 7.19. The number of carbonyl (C=O) groups is 1. The summed E-state index contributed by atoms with van der Waals surface area (Å²) in [6.45, 7) is 3.90. The summed E-state index contributed by atoms with van der Waals surface area (Å²) in [4.78, 5) is 14.5. The monoisotopic (exact) mass is 285 g/mol. The van der Waals surface area contributed by atoms with Gasteiger partial charge in [-0.2, -0.15) is 0 Å². The summed E-state index contributed by atoms with van der Waals surface area (Å²) < 4.78 is 1.60. The number of hydrogen-bond donors (Lipinski definition) is 1. The molecule has 1 atom stereocenters. The lowest BCUT2D eigenvalue weighted by atomic mass is 9.94. The van der Waals surface area contributed by atoms with E-state index in [2.05, 4.69) is 23.3 Å². The van der Waals surface area contributed by atoms with Crippen LogP contribution in [0.15, 0.2) is 30.5 Å². The Kier molecular flexibility index (Phi) is 3.70. The molecule has 1 unspecified atom stereocenters. The van der Waals surface area contributed by atoms with Gasteiger partial charge in [-0.1, -0.05) is 30.3 Å². The van der Waals surface area contributed by atoms with Crippen LogP contribution < -0.4 is 10.6 Å². The first kappa shape index (κ1) is 13.8. The number of benzene rings is 1. The fraction of sp³-hybridized carbons (Fsp3) is 0.400. The van der Waals surface area contributed by atoms with E-state index in [1.165, 1.54) is 5.56 Å². The average molecular weight is 285 g/mol. The van der Waals surface area contributed by atoms with Crippen molar-refractivity contribution < 1.29 is 4.79 Å². The number of hydrogen-bond acceptors (Lipinski definition) is 4. The van der Waals surface area contributed by atoms with E-state index >= 15 is 0 Å². The van der Waals surface area contributed by atoms with Crippen LogP contribution in [0.25, 0.3) is 0 Å². The van der Waals surface area contributed by atoms with Crippen molar-refractivity contribution in [3.05, 3.63) is 41.7 Å². The zero-order valence-corrected chi connectivity index (χ0v) is 12.1. The second-order valence-corrected chi connectivity index (χ2v) is 5.51. The summed E-state index contributed by atoms with van der Waals surface area (Å²) >= 11 is 0. The van der Waals surface area contributed by atoms with Crippen molar-refractivity contribution in [1.29, 1.82) is 0 Å². The van der Waals surface area contributed by atoms with Crippen LogP contribution in [0.1, 0.15) is 23.0 Å². The molecule has 6 heteroatoms. The Bertz CT molecular complexity index is 651. The van der Waals surface area contributed by atoms with Crippen LogP contribution in [-0.2, 0) is 13.0 Å². The topological polar surface area (TPSA) is 77.0 Å². The molecule has 1 aliphatic heterocycles. The van der Waals surface area contributed by atoms with E-state index < -0.39 is 0 Å². The van der Waals surface area contributed by atoms with E-state index in [0.717, 1.165) is 12.1 Å². The molecule has 21 heavy (non-hydrogen) atoms.